The fraction of sp³-hybridized carbons (Fsp3) is 0.286. The molecular formula is C42H38O16. The van der Waals surface area contributed by atoms with Gasteiger partial charge < -0.3 is 56.8 Å². The first kappa shape index (κ1) is 39.3. The highest BCUT2D eigenvalue weighted by Gasteiger charge is 2.53. The smallest absolute Gasteiger partial charge is 0.493 e. The van der Waals surface area contributed by atoms with E-state index >= 15 is 0 Å². The highest BCUT2D eigenvalue weighted by molar-refractivity contribution is 6.14. The maximum absolute atomic E-state index is 13.7. The van der Waals surface area contributed by atoms with E-state index in [-0.39, 0.29) is 43.5 Å². The number of ether oxygens (including phenoxy) is 12. The summed E-state index contributed by atoms with van der Waals surface area (Å²) in [5, 5.41) is 0.866. The summed E-state index contributed by atoms with van der Waals surface area (Å²) in [5.74, 6) is 0.219. The van der Waals surface area contributed by atoms with Crippen LogP contribution in [0.1, 0.15) is 33.2 Å². The topological polar surface area (TPSA) is 179 Å². The van der Waals surface area contributed by atoms with E-state index < -0.39 is 55.0 Å². The third kappa shape index (κ3) is 7.73. The van der Waals surface area contributed by atoms with E-state index in [2.05, 4.69) is 13.2 Å². The molecule has 0 saturated carbocycles. The summed E-state index contributed by atoms with van der Waals surface area (Å²) >= 11 is 0. The summed E-state index contributed by atoms with van der Waals surface area (Å²) in [6.07, 6.45) is -7.12. The fourth-order valence-corrected chi connectivity index (χ4v) is 6.81. The monoisotopic (exact) mass is 798 g/mol. The number of hydrogen-bond acceptors (Lipinski definition) is 16. The van der Waals surface area contributed by atoms with Gasteiger partial charge in [-0.05, 0) is 54.3 Å². The summed E-state index contributed by atoms with van der Waals surface area (Å²) in [7, 11) is 2.93. The Hall–Kier alpha value is -6.94. The first-order valence-corrected chi connectivity index (χ1v) is 17.9. The molecule has 302 valence electrons. The highest BCUT2D eigenvalue weighted by atomic mass is 16.8. The molecule has 0 radical (unpaired) electrons. The van der Waals surface area contributed by atoms with E-state index in [0.29, 0.717) is 50.5 Å². The van der Waals surface area contributed by atoms with E-state index in [4.69, 9.17) is 56.8 Å². The molecule has 0 N–H and O–H groups in total. The van der Waals surface area contributed by atoms with Crippen LogP contribution in [0.2, 0.25) is 0 Å². The van der Waals surface area contributed by atoms with Gasteiger partial charge in [0, 0.05) is 16.5 Å². The maximum Gasteiger partial charge on any atom is 0.509 e. The molecule has 4 aromatic carbocycles. The van der Waals surface area contributed by atoms with Gasteiger partial charge in [-0.25, -0.2) is 19.2 Å². The number of rotatable bonds is 13. The zero-order valence-electron chi connectivity index (χ0n) is 31.6. The molecule has 7 rings (SSSR count). The van der Waals surface area contributed by atoms with E-state index in [1.165, 1.54) is 45.4 Å². The molecule has 4 aromatic rings. The maximum atomic E-state index is 13.7. The van der Waals surface area contributed by atoms with Crippen molar-refractivity contribution in [2.75, 3.05) is 34.2 Å². The number of carbonyl (C=O) groups excluding carboxylic acids is 4. The second-order valence-corrected chi connectivity index (χ2v) is 12.9. The van der Waals surface area contributed by atoms with Gasteiger partial charge in [0.1, 0.15) is 31.7 Å². The lowest BCUT2D eigenvalue weighted by Crippen LogP contribution is -2.62. The number of cyclic esters (lactones) is 1. The number of carbonyl (C=O) groups is 4. The van der Waals surface area contributed by atoms with Gasteiger partial charge in [-0.2, -0.15) is 0 Å². The molecule has 58 heavy (non-hydrogen) atoms. The van der Waals surface area contributed by atoms with Gasteiger partial charge in [0.05, 0.1) is 25.3 Å². The Kier molecular flexibility index (Phi) is 11.6. The largest absolute Gasteiger partial charge is 0.509 e. The molecule has 0 spiro atoms. The molecule has 3 heterocycles. The number of benzene rings is 4. The summed E-state index contributed by atoms with van der Waals surface area (Å²) in [4.78, 5) is 53.4. The first-order chi connectivity index (χ1) is 28.1. The van der Waals surface area contributed by atoms with Gasteiger partial charge in [0.25, 0.3) is 0 Å². The van der Waals surface area contributed by atoms with Crippen LogP contribution in [0.3, 0.4) is 0 Å². The van der Waals surface area contributed by atoms with Gasteiger partial charge in [0.2, 0.25) is 19.2 Å². The van der Waals surface area contributed by atoms with Crippen molar-refractivity contribution >= 4 is 35.0 Å². The van der Waals surface area contributed by atoms with Crippen molar-refractivity contribution in [3.05, 3.63) is 103 Å². The second-order valence-electron chi connectivity index (χ2n) is 12.9. The van der Waals surface area contributed by atoms with Crippen LogP contribution in [0.15, 0.2) is 86.0 Å². The molecule has 3 aliphatic rings. The van der Waals surface area contributed by atoms with E-state index in [9.17, 15) is 19.2 Å². The van der Waals surface area contributed by atoms with Crippen molar-refractivity contribution in [2.24, 2.45) is 0 Å². The molecule has 0 amide bonds. The Bertz CT molecular complexity index is 2250. The van der Waals surface area contributed by atoms with Crippen LogP contribution in [0, 0.1) is 0 Å². The minimum atomic E-state index is -1.68. The predicted molar refractivity (Wildman–Crippen MR) is 201 cm³/mol. The molecule has 16 heteroatoms. The number of methoxy groups -OCH3 is 2. The molecule has 16 nitrogen and oxygen atoms in total. The molecule has 5 atom stereocenters. The summed E-state index contributed by atoms with van der Waals surface area (Å²) < 4.78 is 68.8. The Morgan fingerprint density at radius 2 is 1.41 bits per heavy atom. The van der Waals surface area contributed by atoms with E-state index in [0.717, 1.165) is 0 Å². The zero-order valence-corrected chi connectivity index (χ0v) is 31.6. The van der Waals surface area contributed by atoms with Crippen LogP contribution in [0.4, 0.5) is 9.59 Å². The second kappa shape index (κ2) is 17.1. The molecule has 0 aromatic heterocycles. The molecule has 1 unspecified atom stereocenters. The Morgan fingerprint density at radius 3 is 2.09 bits per heavy atom. The van der Waals surface area contributed by atoms with Gasteiger partial charge >= 0.3 is 24.2 Å². The van der Waals surface area contributed by atoms with Crippen LogP contribution in [0.25, 0.3) is 21.9 Å². The molecule has 0 aliphatic carbocycles. The minimum Gasteiger partial charge on any atom is -0.493 e. The molecule has 3 aliphatic heterocycles. The quantitative estimate of drug-likeness (QED) is 0.0793. The summed E-state index contributed by atoms with van der Waals surface area (Å²) in [6.45, 7) is 7.99. The van der Waals surface area contributed by atoms with Crippen LogP contribution >= 0.6 is 0 Å². The van der Waals surface area contributed by atoms with Gasteiger partial charge in [-0.3, -0.25) is 0 Å². The van der Waals surface area contributed by atoms with E-state index in [1.807, 2.05) is 0 Å². The lowest BCUT2D eigenvalue weighted by molar-refractivity contribution is -0.270. The van der Waals surface area contributed by atoms with Crippen LogP contribution in [-0.2, 0) is 39.8 Å². The highest BCUT2D eigenvalue weighted by Crippen LogP contribution is 2.50. The molecule has 1 fully saturated rings. The van der Waals surface area contributed by atoms with Crippen LogP contribution in [-0.4, -0.2) is 89.2 Å². The molecule has 1 saturated heterocycles. The number of hydrogen-bond donors (Lipinski definition) is 0. The summed E-state index contributed by atoms with van der Waals surface area (Å²) in [6, 6.07) is 16.6. The summed E-state index contributed by atoms with van der Waals surface area (Å²) in [5.41, 5.74) is 1.68. The average molecular weight is 799 g/mol. The Balaban J connectivity index is 1.39. The van der Waals surface area contributed by atoms with Crippen LogP contribution in [0.5, 0.6) is 28.7 Å². The van der Waals surface area contributed by atoms with Gasteiger partial charge in [-0.1, -0.05) is 49.6 Å². The Labute approximate surface area is 331 Å². The fourth-order valence-electron chi connectivity index (χ4n) is 6.81. The zero-order chi connectivity index (χ0) is 40.9. The average Bonchev–Trinajstić information content (AvgIpc) is 3.87. The van der Waals surface area contributed by atoms with Gasteiger partial charge in [0.15, 0.2) is 35.2 Å². The van der Waals surface area contributed by atoms with Gasteiger partial charge in [-0.15, -0.1) is 0 Å². The van der Waals surface area contributed by atoms with E-state index in [1.54, 1.807) is 48.5 Å². The van der Waals surface area contributed by atoms with Crippen molar-refractivity contribution in [1.29, 1.82) is 0 Å². The lowest BCUT2D eigenvalue weighted by atomic mass is 9.89. The van der Waals surface area contributed by atoms with Crippen molar-refractivity contribution in [1.82, 2.24) is 0 Å². The standard InChI is InChI=1S/C42H38O16/c1-6-15-49-41(45)57-34-22(3)54-40(37(58-42(46)50-16-7-2)36(34)55-38(43)23-11-9-8-10-12-23)56-35-26-19-30(48-5)29(47-4)18-25(26)32(33-27(35)20-51-39(33)44)24-13-14-28-31(17-24)53-21-52-28/h6-14,17-19,22,34,36-37,40H,1-2,15-16,20-21H2,3-5H3/t22-,34-,36+,37-,40?/m1/s1. The van der Waals surface area contributed by atoms with Crippen molar-refractivity contribution in [3.8, 4) is 39.9 Å². The van der Waals surface area contributed by atoms with Crippen molar-refractivity contribution in [3.63, 3.8) is 0 Å². The molecule has 0 bridgehead atoms. The lowest BCUT2D eigenvalue weighted by Gasteiger charge is -2.43. The third-order valence-electron chi connectivity index (χ3n) is 9.39. The normalized spacial score (nSPS) is 20.2. The first-order valence-electron chi connectivity index (χ1n) is 17.9. The van der Waals surface area contributed by atoms with Crippen molar-refractivity contribution < 1.29 is 76.0 Å². The van der Waals surface area contributed by atoms with Crippen molar-refractivity contribution in [2.45, 2.75) is 44.2 Å². The Morgan fingerprint density at radius 1 is 0.759 bits per heavy atom. The van der Waals surface area contributed by atoms with Crippen LogP contribution < -0.4 is 23.7 Å². The number of fused-ring (bicyclic) bond motifs is 3. The molecular weight excluding hydrogens is 760 g/mol. The third-order valence-corrected chi connectivity index (χ3v) is 9.39. The predicted octanol–water partition coefficient (Wildman–Crippen LogP) is 6.69. The minimum absolute atomic E-state index is 0.0330. The number of esters is 2. The SMILES string of the molecule is C=CCOC(=O)O[C@H]1[C@H](OC(=O)c2ccccc2)[C@@H](OC(=O)OCC=C)C(Oc2c3c(c(-c4ccc5c(c4)OCO5)c4cc(OC)c(OC)cc24)C(=O)OC3)O[C@@H]1C.